The zero-order chi connectivity index (χ0) is 9.90. The summed E-state index contributed by atoms with van der Waals surface area (Å²) in [6.07, 6.45) is 2.55. The average Bonchev–Trinajstić information content (AvgIpc) is 2.01. The fourth-order valence-corrected chi connectivity index (χ4v) is 1.61. The van der Waals surface area contributed by atoms with E-state index < -0.39 is 10.1 Å². The molecule has 1 N–H and O–H groups in total. The molecule has 1 heterocycles. The third-order valence-corrected chi connectivity index (χ3v) is 2.45. The van der Waals surface area contributed by atoms with E-state index >= 15 is 0 Å². The van der Waals surface area contributed by atoms with Crippen LogP contribution < -0.4 is 5.32 Å². The van der Waals surface area contributed by atoms with E-state index in [1.807, 2.05) is 0 Å². The van der Waals surface area contributed by atoms with Gasteiger partial charge in [0.1, 0.15) is 0 Å². The Hall–Kier alpha value is -0.620. The van der Waals surface area contributed by atoms with E-state index in [9.17, 15) is 13.2 Å². The number of rotatable bonds is 3. The molecule has 13 heavy (non-hydrogen) atoms. The Morgan fingerprint density at radius 3 is 2.85 bits per heavy atom. The molecule has 0 saturated carbocycles. The van der Waals surface area contributed by atoms with Gasteiger partial charge in [0, 0.05) is 6.54 Å². The lowest BCUT2D eigenvalue weighted by Crippen LogP contribution is -2.38. The van der Waals surface area contributed by atoms with Gasteiger partial charge in [-0.3, -0.25) is 8.98 Å². The van der Waals surface area contributed by atoms with E-state index in [0.29, 0.717) is 13.0 Å². The van der Waals surface area contributed by atoms with Gasteiger partial charge < -0.3 is 5.32 Å². The monoisotopic (exact) mass is 207 g/mol. The minimum Gasteiger partial charge on any atom is -0.356 e. The molecule has 76 valence electrons. The zero-order valence-corrected chi connectivity index (χ0v) is 8.26. The van der Waals surface area contributed by atoms with Gasteiger partial charge in [-0.15, -0.1) is 0 Å². The molecule has 0 aromatic carbocycles. The van der Waals surface area contributed by atoms with Crippen molar-refractivity contribution in [2.75, 3.05) is 19.4 Å². The maximum Gasteiger partial charge on any atom is 0.264 e. The van der Waals surface area contributed by atoms with E-state index in [-0.39, 0.29) is 18.4 Å². The summed E-state index contributed by atoms with van der Waals surface area (Å²) in [6, 6.07) is 0. The van der Waals surface area contributed by atoms with Crippen LogP contribution in [0.15, 0.2) is 0 Å². The number of amides is 1. The normalized spacial score (nSPS) is 24.1. The summed E-state index contributed by atoms with van der Waals surface area (Å²) in [5.74, 6) is -0.432. The Bertz CT molecular complexity index is 285. The number of carbonyl (C=O) groups excluding carboxylic acids is 1. The van der Waals surface area contributed by atoms with Crippen molar-refractivity contribution >= 4 is 16.0 Å². The van der Waals surface area contributed by atoms with Gasteiger partial charge in [0.05, 0.1) is 18.8 Å². The third kappa shape index (κ3) is 3.73. The van der Waals surface area contributed by atoms with Crippen molar-refractivity contribution in [2.45, 2.75) is 12.8 Å². The molecule has 0 radical (unpaired) electrons. The molecule has 1 saturated heterocycles. The van der Waals surface area contributed by atoms with Crippen LogP contribution in [-0.4, -0.2) is 33.7 Å². The Balaban J connectivity index is 2.40. The maximum absolute atomic E-state index is 11.1. The second-order valence-electron chi connectivity index (χ2n) is 3.12. The molecule has 1 fully saturated rings. The van der Waals surface area contributed by atoms with Gasteiger partial charge in [0.2, 0.25) is 5.91 Å². The van der Waals surface area contributed by atoms with E-state index in [0.717, 1.165) is 12.7 Å². The molecule has 1 amide bonds. The molecule has 0 aromatic rings. The van der Waals surface area contributed by atoms with Crippen LogP contribution in [0.25, 0.3) is 0 Å². The van der Waals surface area contributed by atoms with Crippen LogP contribution in [-0.2, 0) is 19.1 Å². The quantitative estimate of drug-likeness (QED) is 0.632. The Labute approximate surface area is 77.6 Å². The number of hydrogen-bond donors (Lipinski definition) is 1. The number of piperidine rings is 1. The van der Waals surface area contributed by atoms with Crippen molar-refractivity contribution in [2.24, 2.45) is 5.92 Å². The Morgan fingerprint density at radius 1 is 1.62 bits per heavy atom. The van der Waals surface area contributed by atoms with Crippen LogP contribution in [0.3, 0.4) is 0 Å². The van der Waals surface area contributed by atoms with Crippen molar-refractivity contribution in [3.05, 3.63) is 0 Å². The minimum atomic E-state index is -3.43. The summed E-state index contributed by atoms with van der Waals surface area (Å²) in [7, 11) is -3.43. The standard InChI is InChI=1S/C7H13NO4S/c1-13(10,11)12-5-6-3-2-4-8-7(6)9/h6H,2-5H2,1H3,(H,8,9). The van der Waals surface area contributed by atoms with Crippen molar-refractivity contribution in [1.82, 2.24) is 5.32 Å². The minimum absolute atomic E-state index is 0.0370. The predicted molar refractivity (Wildman–Crippen MR) is 46.5 cm³/mol. The second-order valence-corrected chi connectivity index (χ2v) is 4.76. The van der Waals surface area contributed by atoms with E-state index in [4.69, 9.17) is 0 Å². The molecular weight excluding hydrogens is 194 g/mol. The molecule has 0 aromatic heterocycles. The fraction of sp³-hybridized carbons (Fsp3) is 0.857. The van der Waals surface area contributed by atoms with Crippen LogP contribution in [0.2, 0.25) is 0 Å². The van der Waals surface area contributed by atoms with Crippen LogP contribution in [0.5, 0.6) is 0 Å². The summed E-state index contributed by atoms with van der Waals surface area (Å²) in [4.78, 5) is 11.1. The van der Waals surface area contributed by atoms with Gasteiger partial charge in [0.15, 0.2) is 0 Å². The second kappa shape index (κ2) is 4.06. The lowest BCUT2D eigenvalue weighted by atomic mass is 10.0. The highest BCUT2D eigenvalue weighted by molar-refractivity contribution is 7.85. The SMILES string of the molecule is CS(=O)(=O)OCC1CCCNC1=O. The molecule has 5 nitrogen and oxygen atoms in total. The smallest absolute Gasteiger partial charge is 0.264 e. The van der Waals surface area contributed by atoms with Gasteiger partial charge in [-0.05, 0) is 12.8 Å². The number of nitrogens with one attached hydrogen (secondary N) is 1. The first-order valence-corrected chi connectivity index (χ1v) is 5.93. The number of hydrogen-bond acceptors (Lipinski definition) is 4. The molecular formula is C7H13NO4S. The first-order valence-electron chi connectivity index (χ1n) is 4.11. The van der Waals surface area contributed by atoms with Gasteiger partial charge in [-0.1, -0.05) is 0 Å². The van der Waals surface area contributed by atoms with Crippen molar-refractivity contribution in [3.63, 3.8) is 0 Å². The van der Waals surface area contributed by atoms with Gasteiger partial charge >= 0.3 is 0 Å². The van der Waals surface area contributed by atoms with Crippen molar-refractivity contribution in [3.8, 4) is 0 Å². The Kier molecular flexibility index (Phi) is 3.27. The van der Waals surface area contributed by atoms with Crippen LogP contribution in [0.4, 0.5) is 0 Å². The van der Waals surface area contributed by atoms with E-state index in [1.54, 1.807) is 0 Å². The van der Waals surface area contributed by atoms with E-state index in [2.05, 4.69) is 9.50 Å². The van der Waals surface area contributed by atoms with Crippen LogP contribution >= 0.6 is 0 Å². The van der Waals surface area contributed by atoms with Crippen LogP contribution in [0.1, 0.15) is 12.8 Å². The largest absolute Gasteiger partial charge is 0.356 e. The highest BCUT2D eigenvalue weighted by Crippen LogP contribution is 2.12. The topological polar surface area (TPSA) is 72.5 Å². The molecule has 6 heteroatoms. The van der Waals surface area contributed by atoms with Gasteiger partial charge in [-0.2, -0.15) is 8.42 Å². The highest BCUT2D eigenvalue weighted by atomic mass is 32.2. The summed E-state index contributed by atoms with van der Waals surface area (Å²) in [6.45, 7) is 0.638. The van der Waals surface area contributed by atoms with Crippen molar-refractivity contribution in [1.29, 1.82) is 0 Å². The van der Waals surface area contributed by atoms with E-state index in [1.165, 1.54) is 0 Å². The lowest BCUT2D eigenvalue weighted by Gasteiger charge is -2.20. The Morgan fingerprint density at radius 2 is 2.31 bits per heavy atom. The molecule has 0 bridgehead atoms. The summed E-state index contributed by atoms with van der Waals surface area (Å²) >= 11 is 0. The fourth-order valence-electron chi connectivity index (χ4n) is 1.20. The van der Waals surface area contributed by atoms with Crippen LogP contribution in [0, 0.1) is 5.92 Å². The third-order valence-electron chi connectivity index (χ3n) is 1.88. The molecule has 0 aliphatic carbocycles. The zero-order valence-electron chi connectivity index (χ0n) is 7.45. The van der Waals surface area contributed by atoms with Gasteiger partial charge in [0.25, 0.3) is 10.1 Å². The molecule has 1 rings (SSSR count). The first kappa shape index (κ1) is 10.5. The lowest BCUT2D eigenvalue weighted by molar-refractivity contribution is -0.127. The predicted octanol–water partition coefficient (Wildman–Crippen LogP) is -0.511. The van der Waals surface area contributed by atoms with Crippen molar-refractivity contribution < 1.29 is 17.4 Å². The number of carbonyl (C=O) groups is 1. The average molecular weight is 207 g/mol. The molecule has 1 aliphatic heterocycles. The maximum atomic E-state index is 11.1. The first-order chi connectivity index (χ1) is 5.99. The summed E-state index contributed by atoms with van der Waals surface area (Å²) < 4.78 is 25.8. The molecule has 0 spiro atoms. The highest BCUT2D eigenvalue weighted by Gasteiger charge is 2.23. The summed E-state index contributed by atoms with van der Waals surface area (Å²) in [5.41, 5.74) is 0. The molecule has 1 atom stereocenters. The van der Waals surface area contributed by atoms with Gasteiger partial charge in [-0.25, -0.2) is 0 Å². The molecule has 1 unspecified atom stereocenters. The summed E-state index contributed by atoms with van der Waals surface area (Å²) in [5, 5.41) is 2.65. The molecule has 1 aliphatic rings.